The molecular formula is C13H22N6O. The molecule has 1 aliphatic rings. The van der Waals surface area contributed by atoms with Crippen molar-refractivity contribution in [2.24, 2.45) is 0 Å². The van der Waals surface area contributed by atoms with Crippen molar-refractivity contribution in [3.63, 3.8) is 0 Å². The summed E-state index contributed by atoms with van der Waals surface area (Å²) in [6, 6.07) is 2.05. The van der Waals surface area contributed by atoms with Gasteiger partial charge in [0, 0.05) is 38.7 Å². The molecule has 0 spiro atoms. The minimum Gasteiger partial charge on any atom is -0.370 e. The van der Waals surface area contributed by atoms with Gasteiger partial charge in [0.2, 0.25) is 11.9 Å². The maximum atomic E-state index is 11.5. The third-order valence-electron chi connectivity index (χ3n) is 3.28. The normalized spacial score (nSPS) is 19.0. The van der Waals surface area contributed by atoms with E-state index >= 15 is 0 Å². The van der Waals surface area contributed by atoms with Crippen LogP contribution in [0.4, 0.5) is 17.6 Å². The number of likely N-dealkylation sites (tertiary alicyclic amines) is 1. The van der Waals surface area contributed by atoms with Crippen molar-refractivity contribution in [1.82, 2.24) is 14.9 Å². The van der Waals surface area contributed by atoms with E-state index in [0.717, 1.165) is 25.2 Å². The first-order chi connectivity index (χ1) is 9.58. The van der Waals surface area contributed by atoms with Gasteiger partial charge >= 0.3 is 0 Å². The molecule has 0 aliphatic carbocycles. The summed E-state index contributed by atoms with van der Waals surface area (Å²) in [6.07, 6.45) is 2.39. The number of rotatable bonds is 5. The van der Waals surface area contributed by atoms with Crippen LogP contribution in [0.3, 0.4) is 0 Å². The first kappa shape index (κ1) is 14.4. The third-order valence-corrected chi connectivity index (χ3v) is 3.28. The van der Waals surface area contributed by atoms with Crippen molar-refractivity contribution in [2.45, 2.75) is 32.2 Å². The van der Waals surface area contributed by atoms with E-state index in [1.165, 1.54) is 0 Å². The summed E-state index contributed by atoms with van der Waals surface area (Å²) in [6.45, 7) is 3.61. The Kier molecular flexibility index (Phi) is 4.60. The zero-order valence-corrected chi connectivity index (χ0v) is 12.0. The Hall–Kier alpha value is -2.05. The topological polar surface area (TPSA) is 96.2 Å². The second-order valence-electron chi connectivity index (χ2n) is 5.08. The smallest absolute Gasteiger partial charge is 0.223 e. The second-order valence-corrected chi connectivity index (χ2v) is 5.08. The Labute approximate surface area is 119 Å². The number of likely N-dealkylation sites (N-methyl/N-ethyl adjacent to an activating group) is 1. The summed E-state index contributed by atoms with van der Waals surface area (Å²) < 4.78 is 0. The molecule has 4 N–H and O–H groups in total. The van der Waals surface area contributed by atoms with Gasteiger partial charge in [-0.2, -0.15) is 9.97 Å². The monoisotopic (exact) mass is 278 g/mol. The lowest BCUT2D eigenvalue weighted by Gasteiger charge is -2.30. The molecule has 2 rings (SSSR count). The highest BCUT2D eigenvalue weighted by atomic mass is 16.2. The van der Waals surface area contributed by atoms with E-state index in [1.54, 1.807) is 4.90 Å². The standard InChI is InChI=1S/C13H22N6O/c1-3-6-15-10-7-11(18-13(14)17-10)16-9-4-5-12(20)19(2)8-9/h7,9H,3-6,8H2,1-2H3,(H4,14,15,16,17,18). The van der Waals surface area contributed by atoms with E-state index in [4.69, 9.17) is 5.73 Å². The van der Waals surface area contributed by atoms with E-state index in [2.05, 4.69) is 27.5 Å². The number of carbonyl (C=O) groups excluding carboxylic acids is 1. The summed E-state index contributed by atoms with van der Waals surface area (Å²) in [5.74, 6) is 1.86. The van der Waals surface area contributed by atoms with E-state index < -0.39 is 0 Å². The minimum absolute atomic E-state index is 0.190. The Morgan fingerprint density at radius 3 is 2.90 bits per heavy atom. The van der Waals surface area contributed by atoms with E-state index in [0.29, 0.717) is 18.8 Å². The van der Waals surface area contributed by atoms with Gasteiger partial charge in [0.05, 0.1) is 0 Å². The van der Waals surface area contributed by atoms with Gasteiger partial charge in [0.25, 0.3) is 0 Å². The number of anilines is 3. The van der Waals surface area contributed by atoms with Crippen molar-refractivity contribution >= 4 is 23.5 Å². The molecule has 1 atom stereocenters. The summed E-state index contributed by atoms with van der Waals surface area (Å²) in [4.78, 5) is 21.5. The zero-order valence-electron chi connectivity index (χ0n) is 12.0. The summed E-state index contributed by atoms with van der Waals surface area (Å²) in [5.41, 5.74) is 5.72. The van der Waals surface area contributed by atoms with Crippen molar-refractivity contribution in [3.05, 3.63) is 6.07 Å². The zero-order chi connectivity index (χ0) is 14.5. The van der Waals surface area contributed by atoms with E-state index in [1.807, 2.05) is 13.1 Å². The van der Waals surface area contributed by atoms with Gasteiger partial charge in [-0.05, 0) is 12.8 Å². The maximum absolute atomic E-state index is 11.5. The maximum Gasteiger partial charge on any atom is 0.223 e. The molecule has 1 fully saturated rings. The number of piperidine rings is 1. The van der Waals surface area contributed by atoms with Crippen LogP contribution < -0.4 is 16.4 Å². The van der Waals surface area contributed by atoms with Gasteiger partial charge in [-0.15, -0.1) is 0 Å². The highest BCUT2D eigenvalue weighted by Crippen LogP contribution is 2.17. The molecule has 1 aromatic rings. The molecule has 2 heterocycles. The van der Waals surface area contributed by atoms with Crippen LogP contribution in [0, 0.1) is 0 Å². The lowest BCUT2D eigenvalue weighted by atomic mass is 10.1. The predicted octanol–water partition coefficient (Wildman–Crippen LogP) is 0.913. The van der Waals surface area contributed by atoms with Gasteiger partial charge in [-0.1, -0.05) is 6.92 Å². The molecule has 0 saturated carbocycles. The van der Waals surface area contributed by atoms with Crippen LogP contribution in [0.1, 0.15) is 26.2 Å². The quantitative estimate of drug-likeness (QED) is 0.741. The van der Waals surface area contributed by atoms with E-state index in [-0.39, 0.29) is 17.9 Å². The summed E-state index contributed by atoms with van der Waals surface area (Å²) >= 11 is 0. The molecule has 110 valence electrons. The first-order valence-corrected chi connectivity index (χ1v) is 6.97. The number of nitrogens with one attached hydrogen (secondary N) is 2. The Morgan fingerprint density at radius 1 is 1.45 bits per heavy atom. The molecule has 0 aromatic carbocycles. The average molecular weight is 278 g/mol. The fourth-order valence-corrected chi connectivity index (χ4v) is 2.22. The second kappa shape index (κ2) is 6.40. The van der Waals surface area contributed by atoms with Gasteiger partial charge in [-0.25, -0.2) is 0 Å². The van der Waals surface area contributed by atoms with Crippen LogP contribution in [0.15, 0.2) is 6.07 Å². The van der Waals surface area contributed by atoms with Crippen molar-refractivity contribution in [1.29, 1.82) is 0 Å². The van der Waals surface area contributed by atoms with Crippen LogP contribution in [-0.4, -0.2) is 47.0 Å². The number of amides is 1. The molecule has 0 bridgehead atoms. The SMILES string of the molecule is CCCNc1cc(NC2CCC(=O)N(C)C2)nc(N)n1. The van der Waals surface area contributed by atoms with Crippen LogP contribution in [0.5, 0.6) is 0 Å². The van der Waals surface area contributed by atoms with Crippen molar-refractivity contribution < 1.29 is 4.79 Å². The largest absolute Gasteiger partial charge is 0.370 e. The highest BCUT2D eigenvalue weighted by Gasteiger charge is 2.23. The number of hydrogen-bond donors (Lipinski definition) is 3. The van der Waals surface area contributed by atoms with Crippen LogP contribution in [0.25, 0.3) is 0 Å². The first-order valence-electron chi connectivity index (χ1n) is 6.97. The van der Waals surface area contributed by atoms with Crippen molar-refractivity contribution in [3.8, 4) is 0 Å². The average Bonchev–Trinajstić information content (AvgIpc) is 2.40. The minimum atomic E-state index is 0.190. The highest BCUT2D eigenvalue weighted by molar-refractivity contribution is 5.77. The fourth-order valence-electron chi connectivity index (χ4n) is 2.22. The molecular weight excluding hydrogens is 256 g/mol. The lowest BCUT2D eigenvalue weighted by Crippen LogP contribution is -2.43. The molecule has 1 saturated heterocycles. The van der Waals surface area contributed by atoms with Crippen LogP contribution in [-0.2, 0) is 4.79 Å². The molecule has 7 heteroatoms. The number of aromatic nitrogens is 2. The number of hydrogen-bond acceptors (Lipinski definition) is 6. The number of nitrogen functional groups attached to an aromatic ring is 1. The Bertz CT molecular complexity index is 478. The number of nitrogens with zero attached hydrogens (tertiary/aromatic N) is 3. The molecule has 0 radical (unpaired) electrons. The Balaban J connectivity index is 2.01. The molecule has 1 aromatic heterocycles. The summed E-state index contributed by atoms with van der Waals surface area (Å²) in [7, 11) is 1.82. The summed E-state index contributed by atoms with van der Waals surface area (Å²) in [5, 5.41) is 6.52. The van der Waals surface area contributed by atoms with Gasteiger partial charge in [-0.3, -0.25) is 4.79 Å². The van der Waals surface area contributed by atoms with E-state index in [9.17, 15) is 4.79 Å². The van der Waals surface area contributed by atoms with Gasteiger partial charge in [0.1, 0.15) is 11.6 Å². The molecule has 1 aliphatic heterocycles. The third kappa shape index (κ3) is 3.72. The van der Waals surface area contributed by atoms with Crippen LogP contribution in [0.2, 0.25) is 0 Å². The van der Waals surface area contributed by atoms with Gasteiger partial charge < -0.3 is 21.3 Å². The molecule has 7 nitrogen and oxygen atoms in total. The molecule has 1 unspecified atom stereocenters. The van der Waals surface area contributed by atoms with Crippen LogP contribution >= 0.6 is 0 Å². The number of nitrogens with two attached hydrogens (primary N) is 1. The Morgan fingerprint density at radius 2 is 2.20 bits per heavy atom. The predicted molar refractivity (Wildman–Crippen MR) is 79.5 cm³/mol. The van der Waals surface area contributed by atoms with Crippen molar-refractivity contribution in [2.75, 3.05) is 36.5 Å². The molecule has 1 amide bonds. The van der Waals surface area contributed by atoms with Gasteiger partial charge in [0.15, 0.2) is 0 Å². The lowest BCUT2D eigenvalue weighted by molar-refractivity contribution is -0.132. The number of carbonyl (C=O) groups is 1. The fraction of sp³-hybridized carbons (Fsp3) is 0.615. The molecule has 20 heavy (non-hydrogen) atoms.